The fourth-order valence-electron chi connectivity index (χ4n) is 2.58. The smallest absolute Gasteiger partial charge is 0.186 e. The number of piperazine rings is 1. The Labute approximate surface area is 111 Å². The van der Waals surface area contributed by atoms with E-state index < -0.39 is 0 Å². The highest BCUT2D eigenvalue weighted by atomic mass is 16.1. The highest BCUT2D eigenvalue weighted by molar-refractivity contribution is 5.79. The van der Waals surface area contributed by atoms with Gasteiger partial charge in [-0.2, -0.15) is 0 Å². The van der Waals surface area contributed by atoms with Crippen LogP contribution in [0.2, 0.25) is 0 Å². The van der Waals surface area contributed by atoms with Gasteiger partial charge in [0, 0.05) is 12.8 Å². The van der Waals surface area contributed by atoms with E-state index in [2.05, 4.69) is 14.1 Å². The molecule has 0 atom stereocenters. The van der Waals surface area contributed by atoms with Gasteiger partial charge < -0.3 is 8.97 Å². The molecule has 1 saturated heterocycles. The minimum Gasteiger partial charge on any atom is -0.311 e. The van der Waals surface area contributed by atoms with Gasteiger partial charge >= 0.3 is 0 Å². The number of carbonyl (C=O) groups excluding carboxylic acids is 2. The van der Waals surface area contributed by atoms with Crippen molar-refractivity contribution in [3.63, 3.8) is 0 Å². The average molecular weight is 256 g/mol. The zero-order valence-electron chi connectivity index (χ0n) is 12.4. The Balaban J connectivity index is 2.53. The molecular weight excluding hydrogens is 228 g/mol. The van der Waals surface area contributed by atoms with Gasteiger partial charge in [-0.15, -0.1) is 0 Å². The summed E-state index contributed by atoms with van der Waals surface area (Å²) in [6.07, 6.45) is 1.27. The molecule has 0 N–H and O–H groups in total. The SMILES string of the molecule is CCC(=O)C[N+]1(C)CC[N+](C)(CC(=O)CC)CC1. The molecule has 0 aliphatic carbocycles. The third-order valence-corrected chi connectivity index (χ3v) is 4.26. The predicted octanol–water partition coefficient (Wildman–Crippen LogP) is 0.851. The predicted molar refractivity (Wildman–Crippen MR) is 72.2 cm³/mol. The number of quaternary nitrogens is 2. The van der Waals surface area contributed by atoms with E-state index >= 15 is 0 Å². The van der Waals surface area contributed by atoms with Crippen molar-refractivity contribution in [1.29, 1.82) is 0 Å². The Morgan fingerprint density at radius 1 is 0.778 bits per heavy atom. The van der Waals surface area contributed by atoms with Gasteiger partial charge in [0.25, 0.3) is 0 Å². The summed E-state index contributed by atoms with van der Waals surface area (Å²) < 4.78 is 1.70. The van der Waals surface area contributed by atoms with Gasteiger partial charge in [0.05, 0.1) is 14.1 Å². The highest BCUT2D eigenvalue weighted by Gasteiger charge is 2.38. The molecule has 0 aromatic carbocycles. The molecule has 1 aliphatic heterocycles. The van der Waals surface area contributed by atoms with Crippen LogP contribution in [-0.2, 0) is 9.59 Å². The molecular formula is C14H28N2O2+2. The summed E-state index contributed by atoms with van der Waals surface area (Å²) in [7, 11) is 4.33. The first kappa shape index (κ1) is 15.3. The topological polar surface area (TPSA) is 34.1 Å². The summed E-state index contributed by atoms with van der Waals surface area (Å²) in [6.45, 7) is 9.16. The number of hydrogen-bond donors (Lipinski definition) is 0. The van der Waals surface area contributed by atoms with Crippen LogP contribution in [0.5, 0.6) is 0 Å². The lowest BCUT2D eigenvalue weighted by Crippen LogP contribution is -2.65. The summed E-state index contributed by atoms with van der Waals surface area (Å²) in [5.41, 5.74) is 0. The second kappa shape index (κ2) is 5.93. The van der Waals surface area contributed by atoms with E-state index in [0.29, 0.717) is 37.5 Å². The summed E-state index contributed by atoms with van der Waals surface area (Å²) in [4.78, 5) is 23.2. The third-order valence-electron chi connectivity index (χ3n) is 4.26. The second-order valence-electron chi connectivity index (χ2n) is 6.23. The van der Waals surface area contributed by atoms with Crippen LogP contribution in [0, 0.1) is 0 Å². The molecule has 0 unspecified atom stereocenters. The summed E-state index contributed by atoms with van der Waals surface area (Å²) in [5.74, 6) is 0.691. The molecule has 0 spiro atoms. The lowest BCUT2D eigenvalue weighted by molar-refractivity contribution is -1.01. The molecule has 104 valence electrons. The van der Waals surface area contributed by atoms with Crippen LogP contribution in [0.15, 0.2) is 0 Å². The maximum atomic E-state index is 11.6. The Kier molecular flexibility index (Phi) is 5.05. The molecule has 0 aromatic rings. The number of likely N-dealkylation sites (N-methyl/N-ethyl adjacent to an activating group) is 2. The molecule has 0 saturated carbocycles. The molecule has 1 rings (SSSR count). The van der Waals surface area contributed by atoms with Gasteiger partial charge in [-0.3, -0.25) is 9.59 Å². The van der Waals surface area contributed by atoms with Crippen LogP contribution < -0.4 is 0 Å². The monoisotopic (exact) mass is 256 g/mol. The van der Waals surface area contributed by atoms with Crippen LogP contribution >= 0.6 is 0 Å². The maximum Gasteiger partial charge on any atom is 0.186 e. The Morgan fingerprint density at radius 2 is 1.06 bits per heavy atom. The van der Waals surface area contributed by atoms with Gasteiger partial charge in [-0.05, 0) is 0 Å². The van der Waals surface area contributed by atoms with Gasteiger partial charge in [-0.1, -0.05) is 13.8 Å². The van der Waals surface area contributed by atoms with E-state index in [1.54, 1.807) is 0 Å². The van der Waals surface area contributed by atoms with E-state index in [9.17, 15) is 9.59 Å². The molecule has 1 aliphatic rings. The van der Waals surface area contributed by atoms with Gasteiger partial charge in [0.1, 0.15) is 39.3 Å². The van der Waals surface area contributed by atoms with Crippen LogP contribution in [0.4, 0.5) is 0 Å². The summed E-state index contributed by atoms with van der Waals surface area (Å²) >= 11 is 0. The van der Waals surface area contributed by atoms with E-state index in [1.807, 2.05) is 13.8 Å². The number of hydrogen-bond acceptors (Lipinski definition) is 2. The minimum atomic E-state index is 0.346. The number of carbonyl (C=O) groups is 2. The Hall–Kier alpha value is -0.740. The Bertz CT molecular complexity index is 286. The summed E-state index contributed by atoms with van der Waals surface area (Å²) in [5, 5.41) is 0. The molecule has 1 fully saturated rings. The molecule has 0 bridgehead atoms. The number of Topliss-reactive ketones (excluding diaryl/α,β-unsaturated/α-hetero) is 2. The molecule has 0 radical (unpaired) electrons. The van der Waals surface area contributed by atoms with Crippen molar-refractivity contribution in [2.24, 2.45) is 0 Å². The zero-order chi connectivity index (χ0) is 13.8. The molecule has 4 nitrogen and oxygen atoms in total. The zero-order valence-corrected chi connectivity index (χ0v) is 12.4. The van der Waals surface area contributed by atoms with Crippen LogP contribution in [0.25, 0.3) is 0 Å². The van der Waals surface area contributed by atoms with E-state index in [-0.39, 0.29) is 0 Å². The van der Waals surface area contributed by atoms with E-state index in [1.165, 1.54) is 0 Å². The van der Waals surface area contributed by atoms with Gasteiger partial charge in [-0.25, -0.2) is 0 Å². The Morgan fingerprint density at radius 3 is 1.28 bits per heavy atom. The lowest BCUT2D eigenvalue weighted by atomic mass is 10.1. The first-order chi connectivity index (χ1) is 8.32. The maximum absolute atomic E-state index is 11.6. The molecule has 0 amide bonds. The standard InChI is InChI=1S/C14H28N2O2/c1-5-13(17)11-15(3)7-9-16(4,10-8-15)12-14(18)6-2/h5-12H2,1-4H3/q+2. The number of nitrogens with zero attached hydrogens (tertiary/aromatic N) is 2. The van der Waals surface area contributed by atoms with Crippen LogP contribution in [-0.4, -0.2) is 73.9 Å². The third kappa shape index (κ3) is 4.18. The quantitative estimate of drug-likeness (QED) is 0.660. The fraction of sp³-hybridized carbons (Fsp3) is 0.857. The van der Waals surface area contributed by atoms with Crippen molar-refractivity contribution in [1.82, 2.24) is 0 Å². The largest absolute Gasteiger partial charge is 0.311 e. The van der Waals surface area contributed by atoms with Crippen molar-refractivity contribution >= 4 is 11.6 Å². The first-order valence-corrected chi connectivity index (χ1v) is 7.03. The van der Waals surface area contributed by atoms with Crippen LogP contribution in [0.3, 0.4) is 0 Å². The van der Waals surface area contributed by atoms with Gasteiger partial charge in [0.2, 0.25) is 0 Å². The molecule has 0 aromatic heterocycles. The average Bonchev–Trinajstić information content (AvgIpc) is 2.33. The van der Waals surface area contributed by atoms with Crippen molar-refractivity contribution < 1.29 is 18.6 Å². The lowest BCUT2D eigenvalue weighted by Gasteiger charge is -2.45. The summed E-state index contributed by atoms with van der Waals surface area (Å²) in [6, 6.07) is 0. The van der Waals surface area contributed by atoms with Crippen LogP contribution in [0.1, 0.15) is 26.7 Å². The minimum absolute atomic E-state index is 0.346. The van der Waals surface area contributed by atoms with Crippen molar-refractivity contribution in [3.8, 4) is 0 Å². The van der Waals surface area contributed by atoms with Crippen molar-refractivity contribution in [3.05, 3.63) is 0 Å². The van der Waals surface area contributed by atoms with Gasteiger partial charge in [0.15, 0.2) is 11.6 Å². The fourth-order valence-corrected chi connectivity index (χ4v) is 2.58. The molecule has 18 heavy (non-hydrogen) atoms. The van der Waals surface area contributed by atoms with Crippen molar-refractivity contribution in [2.45, 2.75) is 26.7 Å². The second-order valence-corrected chi connectivity index (χ2v) is 6.23. The first-order valence-electron chi connectivity index (χ1n) is 7.03. The molecule has 4 heteroatoms. The van der Waals surface area contributed by atoms with E-state index in [4.69, 9.17) is 0 Å². The molecule has 1 heterocycles. The van der Waals surface area contributed by atoms with E-state index in [0.717, 1.165) is 35.1 Å². The number of rotatable bonds is 6. The normalized spacial score (nSPS) is 32.2. The highest BCUT2D eigenvalue weighted by Crippen LogP contribution is 2.16. The van der Waals surface area contributed by atoms with Crippen molar-refractivity contribution in [2.75, 3.05) is 53.4 Å². The number of ketones is 2.